The zero-order chi connectivity index (χ0) is 16.8. The number of rotatable bonds is 6. The molecule has 2 atom stereocenters. The van der Waals surface area contributed by atoms with Gasteiger partial charge in [-0.1, -0.05) is 26.0 Å². The zero-order valence-corrected chi connectivity index (χ0v) is 14.2. The van der Waals surface area contributed by atoms with E-state index in [9.17, 15) is 9.59 Å². The van der Waals surface area contributed by atoms with Gasteiger partial charge in [0, 0.05) is 32.0 Å². The average molecular weight is 318 g/mol. The molecular formula is C18H26N2O3. The van der Waals surface area contributed by atoms with Crippen molar-refractivity contribution in [3.05, 3.63) is 29.8 Å². The van der Waals surface area contributed by atoms with Crippen molar-refractivity contribution >= 4 is 11.8 Å². The summed E-state index contributed by atoms with van der Waals surface area (Å²) in [7, 11) is 1.63. The molecule has 2 unspecified atom stereocenters. The van der Waals surface area contributed by atoms with Gasteiger partial charge < -0.3 is 15.0 Å². The van der Waals surface area contributed by atoms with Crippen LogP contribution in [0.4, 0.5) is 0 Å². The highest BCUT2D eigenvalue weighted by atomic mass is 16.5. The Hall–Kier alpha value is -2.04. The number of carbonyl (C=O) groups excluding carboxylic acids is 2. The molecule has 1 fully saturated rings. The van der Waals surface area contributed by atoms with Crippen molar-refractivity contribution < 1.29 is 14.3 Å². The Bertz CT molecular complexity index is 542. The Morgan fingerprint density at radius 2 is 1.91 bits per heavy atom. The third-order valence-electron chi connectivity index (χ3n) is 4.40. The van der Waals surface area contributed by atoms with Crippen LogP contribution in [0.15, 0.2) is 24.3 Å². The minimum absolute atomic E-state index is 0.0354. The summed E-state index contributed by atoms with van der Waals surface area (Å²) in [5, 5.41) is 2.97. The van der Waals surface area contributed by atoms with E-state index in [1.807, 2.05) is 43.0 Å². The van der Waals surface area contributed by atoms with E-state index in [2.05, 4.69) is 5.32 Å². The molecule has 0 aromatic heterocycles. The minimum atomic E-state index is -0.189. The third-order valence-corrected chi connectivity index (χ3v) is 4.40. The molecule has 0 saturated carbocycles. The van der Waals surface area contributed by atoms with Crippen LogP contribution in [-0.2, 0) is 9.59 Å². The molecule has 1 saturated heterocycles. The van der Waals surface area contributed by atoms with E-state index in [0.29, 0.717) is 26.1 Å². The second-order valence-electron chi connectivity index (χ2n) is 5.93. The molecule has 5 heteroatoms. The van der Waals surface area contributed by atoms with Crippen LogP contribution in [-0.4, -0.2) is 43.5 Å². The smallest absolute Gasteiger partial charge is 0.225 e. The molecule has 126 valence electrons. The lowest BCUT2D eigenvalue weighted by Crippen LogP contribution is -2.35. The van der Waals surface area contributed by atoms with E-state index in [0.717, 1.165) is 17.7 Å². The number of hydrogen-bond acceptors (Lipinski definition) is 3. The summed E-state index contributed by atoms with van der Waals surface area (Å²) in [5.41, 5.74) is 1.08. The Balaban J connectivity index is 2.20. The van der Waals surface area contributed by atoms with Gasteiger partial charge in [0.05, 0.1) is 13.0 Å². The molecule has 0 bridgehead atoms. The molecule has 5 nitrogen and oxygen atoms in total. The van der Waals surface area contributed by atoms with Gasteiger partial charge in [0.1, 0.15) is 5.75 Å². The van der Waals surface area contributed by atoms with Gasteiger partial charge in [0.15, 0.2) is 0 Å². The minimum Gasteiger partial charge on any atom is -0.497 e. The predicted octanol–water partition coefficient (Wildman–Crippen LogP) is 2.17. The lowest BCUT2D eigenvalue weighted by molar-refractivity contribution is -0.130. The summed E-state index contributed by atoms with van der Waals surface area (Å²) < 4.78 is 5.19. The highest BCUT2D eigenvalue weighted by molar-refractivity contribution is 5.83. The second-order valence-corrected chi connectivity index (χ2v) is 5.93. The van der Waals surface area contributed by atoms with Gasteiger partial charge in [-0.15, -0.1) is 0 Å². The number of nitrogens with zero attached hydrogens (tertiary/aromatic N) is 1. The summed E-state index contributed by atoms with van der Waals surface area (Å²) in [5.74, 6) is 0.785. The number of carbonyl (C=O) groups is 2. The lowest BCUT2D eigenvalue weighted by Gasteiger charge is -2.18. The Morgan fingerprint density at radius 3 is 2.48 bits per heavy atom. The van der Waals surface area contributed by atoms with Crippen molar-refractivity contribution in [1.82, 2.24) is 10.2 Å². The molecule has 0 aliphatic carbocycles. The molecule has 1 aliphatic rings. The van der Waals surface area contributed by atoms with Gasteiger partial charge in [0.2, 0.25) is 11.8 Å². The van der Waals surface area contributed by atoms with Crippen LogP contribution in [0.1, 0.15) is 38.2 Å². The standard InChI is InChI=1S/C18H26N2O3/c1-4-10-19-18(22)16-12-20(17(21)5-2)11-15(16)13-6-8-14(23-3)9-7-13/h6-9,15-16H,4-5,10-12H2,1-3H3,(H,19,22). The van der Waals surface area contributed by atoms with Crippen LogP contribution in [0.2, 0.25) is 0 Å². The fourth-order valence-corrected chi connectivity index (χ4v) is 3.06. The van der Waals surface area contributed by atoms with Crippen molar-refractivity contribution in [3.63, 3.8) is 0 Å². The number of hydrogen-bond donors (Lipinski definition) is 1. The Morgan fingerprint density at radius 1 is 1.22 bits per heavy atom. The summed E-state index contributed by atoms with van der Waals surface area (Å²) in [6.45, 7) is 5.66. The van der Waals surface area contributed by atoms with Crippen LogP contribution in [0.3, 0.4) is 0 Å². The highest BCUT2D eigenvalue weighted by Gasteiger charge is 2.39. The van der Waals surface area contributed by atoms with Crippen molar-refractivity contribution in [3.8, 4) is 5.75 Å². The van der Waals surface area contributed by atoms with Gasteiger partial charge in [-0.2, -0.15) is 0 Å². The molecule has 1 N–H and O–H groups in total. The maximum absolute atomic E-state index is 12.5. The van der Waals surface area contributed by atoms with Crippen molar-refractivity contribution in [2.45, 2.75) is 32.6 Å². The van der Waals surface area contributed by atoms with E-state index in [-0.39, 0.29) is 23.7 Å². The first-order chi connectivity index (χ1) is 11.1. The summed E-state index contributed by atoms with van der Waals surface area (Å²) in [6.07, 6.45) is 1.38. The summed E-state index contributed by atoms with van der Waals surface area (Å²) >= 11 is 0. The summed E-state index contributed by atoms with van der Waals surface area (Å²) in [6, 6.07) is 7.79. The first kappa shape index (κ1) is 17.3. The van der Waals surface area contributed by atoms with Gasteiger partial charge in [-0.25, -0.2) is 0 Å². The van der Waals surface area contributed by atoms with Gasteiger partial charge in [-0.05, 0) is 24.1 Å². The average Bonchev–Trinajstić information content (AvgIpc) is 3.04. The lowest BCUT2D eigenvalue weighted by atomic mass is 9.88. The first-order valence-corrected chi connectivity index (χ1v) is 8.30. The second kappa shape index (κ2) is 7.99. The van der Waals surface area contributed by atoms with Crippen molar-refractivity contribution in [2.75, 3.05) is 26.7 Å². The number of ether oxygens (including phenoxy) is 1. The monoisotopic (exact) mass is 318 g/mol. The maximum atomic E-state index is 12.5. The molecule has 0 spiro atoms. The summed E-state index contributed by atoms with van der Waals surface area (Å²) in [4.78, 5) is 26.4. The van der Waals surface area contributed by atoms with Crippen LogP contribution in [0.25, 0.3) is 0 Å². The maximum Gasteiger partial charge on any atom is 0.225 e. The fraction of sp³-hybridized carbons (Fsp3) is 0.556. The first-order valence-electron chi connectivity index (χ1n) is 8.30. The number of nitrogens with one attached hydrogen (secondary N) is 1. The predicted molar refractivity (Wildman–Crippen MR) is 89.4 cm³/mol. The zero-order valence-electron chi connectivity index (χ0n) is 14.2. The van der Waals surface area contributed by atoms with Crippen LogP contribution < -0.4 is 10.1 Å². The van der Waals surface area contributed by atoms with Crippen molar-refractivity contribution in [2.24, 2.45) is 5.92 Å². The van der Waals surface area contributed by atoms with E-state index < -0.39 is 0 Å². The molecule has 1 heterocycles. The molecular weight excluding hydrogens is 292 g/mol. The van der Waals surface area contributed by atoms with Gasteiger partial charge in [0.25, 0.3) is 0 Å². The molecule has 1 aliphatic heterocycles. The van der Waals surface area contributed by atoms with Crippen LogP contribution >= 0.6 is 0 Å². The van der Waals surface area contributed by atoms with Crippen LogP contribution in [0.5, 0.6) is 5.75 Å². The van der Waals surface area contributed by atoms with E-state index >= 15 is 0 Å². The molecule has 23 heavy (non-hydrogen) atoms. The van der Waals surface area contributed by atoms with E-state index in [4.69, 9.17) is 4.74 Å². The number of methoxy groups -OCH3 is 1. The van der Waals surface area contributed by atoms with Crippen molar-refractivity contribution in [1.29, 1.82) is 0 Å². The Kier molecular flexibility index (Phi) is 6.02. The quantitative estimate of drug-likeness (QED) is 0.874. The normalized spacial score (nSPS) is 20.4. The number of likely N-dealkylation sites (tertiary alicyclic amines) is 1. The molecule has 1 aromatic carbocycles. The highest BCUT2D eigenvalue weighted by Crippen LogP contribution is 2.34. The number of amides is 2. The third kappa shape index (κ3) is 4.03. The number of benzene rings is 1. The Labute approximate surface area is 138 Å². The largest absolute Gasteiger partial charge is 0.497 e. The van der Waals surface area contributed by atoms with E-state index in [1.54, 1.807) is 7.11 Å². The molecule has 1 aromatic rings. The van der Waals surface area contributed by atoms with Crippen LogP contribution in [0, 0.1) is 5.92 Å². The SMILES string of the molecule is CCCNC(=O)C1CN(C(=O)CC)CC1c1ccc(OC)cc1. The van der Waals surface area contributed by atoms with Gasteiger partial charge >= 0.3 is 0 Å². The molecule has 2 amide bonds. The van der Waals surface area contributed by atoms with Gasteiger partial charge in [-0.3, -0.25) is 9.59 Å². The molecule has 2 rings (SSSR count). The topological polar surface area (TPSA) is 58.6 Å². The van der Waals surface area contributed by atoms with E-state index in [1.165, 1.54) is 0 Å². The molecule has 0 radical (unpaired) electrons. The fourth-order valence-electron chi connectivity index (χ4n) is 3.06.